The summed E-state index contributed by atoms with van der Waals surface area (Å²) in [6.45, 7) is 1.66. The fourth-order valence-corrected chi connectivity index (χ4v) is 3.58. The van der Waals surface area contributed by atoms with E-state index in [0.717, 1.165) is 22.5 Å². The molecule has 0 unspecified atom stereocenters. The fourth-order valence-electron chi connectivity index (χ4n) is 1.96. The predicted octanol–water partition coefficient (Wildman–Crippen LogP) is 0.446. The highest BCUT2D eigenvalue weighted by Crippen LogP contribution is 2.33. The first-order valence-electron chi connectivity index (χ1n) is 5.89. The molecule has 20 heavy (non-hydrogen) atoms. The second kappa shape index (κ2) is 4.69. The van der Waals surface area contributed by atoms with Gasteiger partial charge < -0.3 is 10.2 Å². The Kier molecular flexibility index (Phi) is 3.44. The van der Waals surface area contributed by atoms with Crippen molar-refractivity contribution in [3.8, 4) is 5.75 Å². The number of phenols is 1. The summed E-state index contributed by atoms with van der Waals surface area (Å²) in [4.78, 5) is 9.57. The van der Waals surface area contributed by atoms with Crippen molar-refractivity contribution >= 4 is 15.7 Å². The smallest absolute Gasteiger partial charge is 0.312 e. The number of phenolic OH excluding ortho intramolecular Hbond substituents is 1. The van der Waals surface area contributed by atoms with Gasteiger partial charge in [-0.1, -0.05) is 6.92 Å². The number of hydrogen-bond donors (Lipinski definition) is 2. The molecule has 2 N–H and O–H groups in total. The van der Waals surface area contributed by atoms with Gasteiger partial charge in [-0.3, -0.25) is 10.1 Å². The maximum Gasteiger partial charge on any atom is 0.312 e. The van der Waals surface area contributed by atoms with Crippen molar-refractivity contribution in [2.24, 2.45) is 0 Å². The van der Waals surface area contributed by atoms with E-state index in [2.05, 4.69) is 0 Å². The molecule has 1 heterocycles. The van der Waals surface area contributed by atoms with E-state index in [1.807, 2.05) is 0 Å². The van der Waals surface area contributed by atoms with Crippen LogP contribution in [0, 0.1) is 10.1 Å². The minimum atomic E-state index is -3.90. The molecule has 2 rings (SSSR count). The monoisotopic (exact) mass is 302 g/mol. The van der Waals surface area contributed by atoms with Crippen molar-refractivity contribution in [3.05, 3.63) is 28.3 Å². The van der Waals surface area contributed by atoms with E-state index in [4.69, 9.17) is 0 Å². The average Bonchev–Trinajstić information content (AvgIpc) is 2.34. The third-order valence-corrected chi connectivity index (χ3v) is 5.17. The topological polar surface area (TPSA) is 121 Å². The van der Waals surface area contributed by atoms with Crippen molar-refractivity contribution in [2.75, 3.05) is 13.1 Å². The molecule has 0 saturated carbocycles. The van der Waals surface area contributed by atoms with Gasteiger partial charge >= 0.3 is 5.69 Å². The number of aromatic hydroxyl groups is 1. The molecule has 1 saturated heterocycles. The zero-order valence-electron chi connectivity index (χ0n) is 10.7. The average molecular weight is 302 g/mol. The third kappa shape index (κ3) is 2.35. The molecule has 0 bridgehead atoms. The zero-order chi connectivity index (χ0) is 15.1. The molecule has 0 atom stereocenters. The fraction of sp³-hybridized carbons (Fsp3) is 0.455. The van der Waals surface area contributed by atoms with Gasteiger partial charge in [0.2, 0.25) is 10.0 Å². The molecule has 1 aromatic rings. The van der Waals surface area contributed by atoms with E-state index in [1.54, 1.807) is 6.92 Å². The maximum atomic E-state index is 12.2. The summed E-state index contributed by atoms with van der Waals surface area (Å²) in [5.41, 5.74) is -1.70. The molecule has 9 heteroatoms. The van der Waals surface area contributed by atoms with Crippen LogP contribution in [0.5, 0.6) is 5.75 Å². The molecule has 110 valence electrons. The number of nitrogens with zero attached hydrogens (tertiary/aromatic N) is 2. The van der Waals surface area contributed by atoms with Gasteiger partial charge in [0, 0.05) is 19.2 Å². The number of aliphatic hydroxyl groups is 1. The maximum absolute atomic E-state index is 12.2. The quantitative estimate of drug-likeness (QED) is 0.615. The van der Waals surface area contributed by atoms with Gasteiger partial charge in [0.1, 0.15) is 0 Å². The Hall–Kier alpha value is -1.71. The first kappa shape index (κ1) is 14.7. The number of β-amino-alcohol motifs (C(OH)–C–C–N with tert-alkyl or cyclic N) is 1. The molecule has 8 nitrogen and oxygen atoms in total. The summed E-state index contributed by atoms with van der Waals surface area (Å²) in [5, 5.41) is 29.8. The van der Waals surface area contributed by atoms with E-state index in [1.165, 1.54) is 0 Å². The Morgan fingerprint density at radius 3 is 2.55 bits per heavy atom. The van der Waals surface area contributed by atoms with Gasteiger partial charge in [0.15, 0.2) is 5.75 Å². The lowest BCUT2D eigenvalue weighted by Crippen LogP contribution is -2.62. The largest absolute Gasteiger partial charge is 0.502 e. The van der Waals surface area contributed by atoms with Crippen LogP contribution in [0.1, 0.15) is 13.3 Å². The standard InChI is InChI=1S/C11H14N2O6S/c1-2-11(15)6-12(7-11)20(18,19)8-3-4-10(14)9(5-8)13(16)17/h3-5,14-15H,2,6-7H2,1H3. The van der Waals surface area contributed by atoms with Crippen LogP contribution in [-0.4, -0.2) is 46.5 Å². The van der Waals surface area contributed by atoms with E-state index in [9.17, 15) is 28.7 Å². The summed E-state index contributed by atoms with van der Waals surface area (Å²) >= 11 is 0. The molecule has 1 aliphatic rings. The zero-order valence-corrected chi connectivity index (χ0v) is 11.5. The summed E-state index contributed by atoms with van der Waals surface area (Å²) in [5.74, 6) is -0.595. The number of nitro groups is 1. The third-order valence-electron chi connectivity index (χ3n) is 3.38. The van der Waals surface area contributed by atoms with Crippen LogP contribution in [0.2, 0.25) is 0 Å². The molecule has 1 aromatic carbocycles. The Morgan fingerprint density at radius 1 is 1.45 bits per heavy atom. The Morgan fingerprint density at radius 2 is 2.05 bits per heavy atom. The van der Waals surface area contributed by atoms with Crippen molar-refractivity contribution in [2.45, 2.75) is 23.8 Å². The first-order valence-corrected chi connectivity index (χ1v) is 7.33. The van der Waals surface area contributed by atoms with Crippen LogP contribution in [0.25, 0.3) is 0 Å². The molecular formula is C11H14N2O6S. The van der Waals surface area contributed by atoms with Gasteiger partial charge in [-0.25, -0.2) is 8.42 Å². The predicted molar refractivity (Wildman–Crippen MR) is 68.8 cm³/mol. The van der Waals surface area contributed by atoms with E-state index >= 15 is 0 Å². The van der Waals surface area contributed by atoms with Gasteiger partial charge in [-0.2, -0.15) is 4.31 Å². The molecule has 0 amide bonds. The molecular weight excluding hydrogens is 288 g/mol. The lowest BCUT2D eigenvalue weighted by atomic mass is 9.94. The molecule has 0 spiro atoms. The second-order valence-electron chi connectivity index (χ2n) is 4.76. The Labute approximate surface area is 115 Å². The van der Waals surface area contributed by atoms with Crippen LogP contribution >= 0.6 is 0 Å². The SMILES string of the molecule is CCC1(O)CN(S(=O)(=O)c2ccc(O)c([N+](=O)[O-])c2)C1. The van der Waals surface area contributed by atoms with Crippen molar-refractivity contribution < 1.29 is 23.6 Å². The molecule has 0 aliphatic carbocycles. The van der Waals surface area contributed by atoms with Gasteiger partial charge in [-0.15, -0.1) is 0 Å². The number of rotatable bonds is 4. The number of benzene rings is 1. The highest BCUT2D eigenvalue weighted by Gasteiger charge is 2.46. The molecule has 1 fully saturated rings. The van der Waals surface area contributed by atoms with Crippen LogP contribution in [0.15, 0.2) is 23.1 Å². The summed E-state index contributed by atoms with van der Waals surface area (Å²) < 4.78 is 25.5. The number of sulfonamides is 1. The lowest BCUT2D eigenvalue weighted by Gasteiger charge is -2.44. The Balaban J connectivity index is 2.32. The van der Waals surface area contributed by atoms with Gasteiger partial charge in [0.05, 0.1) is 15.4 Å². The van der Waals surface area contributed by atoms with Crippen LogP contribution in [0.4, 0.5) is 5.69 Å². The molecule has 0 aromatic heterocycles. The highest BCUT2D eigenvalue weighted by molar-refractivity contribution is 7.89. The minimum Gasteiger partial charge on any atom is -0.502 e. The number of hydrogen-bond acceptors (Lipinski definition) is 6. The first-order chi connectivity index (χ1) is 9.19. The summed E-state index contributed by atoms with van der Waals surface area (Å²) in [7, 11) is -3.90. The van der Waals surface area contributed by atoms with Crippen LogP contribution < -0.4 is 0 Å². The normalized spacial score (nSPS) is 18.5. The molecule has 1 aliphatic heterocycles. The Bertz CT molecular complexity index is 651. The van der Waals surface area contributed by atoms with E-state index in [-0.39, 0.29) is 18.0 Å². The van der Waals surface area contributed by atoms with Crippen molar-refractivity contribution in [1.29, 1.82) is 0 Å². The summed E-state index contributed by atoms with van der Waals surface area (Å²) in [6, 6.07) is 2.88. The van der Waals surface area contributed by atoms with Crippen molar-refractivity contribution in [3.63, 3.8) is 0 Å². The van der Waals surface area contributed by atoms with E-state index in [0.29, 0.717) is 6.42 Å². The van der Waals surface area contributed by atoms with Gasteiger partial charge in [0.25, 0.3) is 0 Å². The number of nitro benzene ring substituents is 1. The van der Waals surface area contributed by atoms with Crippen LogP contribution in [-0.2, 0) is 10.0 Å². The van der Waals surface area contributed by atoms with Crippen molar-refractivity contribution in [1.82, 2.24) is 4.31 Å². The van der Waals surface area contributed by atoms with E-state index < -0.39 is 32.0 Å². The lowest BCUT2D eigenvalue weighted by molar-refractivity contribution is -0.386. The minimum absolute atomic E-state index is 0.0412. The summed E-state index contributed by atoms with van der Waals surface area (Å²) in [6.07, 6.45) is 0.425. The molecule has 0 radical (unpaired) electrons. The second-order valence-corrected chi connectivity index (χ2v) is 6.70. The van der Waals surface area contributed by atoms with Crippen LogP contribution in [0.3, 0.4) is 0 Å². The van der Waals surface area contributed by atoms with Gasteiger partial charge in [-0.05, 0) is 18.6 Å². The highest BCUT2D eigenvalue weighted by atomic mass is 32.2.